The number of hydrogen-bond donors (Lipinski definition) is 0. The zero-order valence-electron chi connectivity index (χ0n) is 13.1. The minimum Gasteiger partial charge on any atom is -0.493 e. The second-order valence-corrected chi connectivity index (χ2v) is 9.31. The van der Waals surface area contributed by atoms with Crippen LogP contribution in [0.3, 0.4) is 0 Å². The lowest BCUT2D eigenvalue weighted by Gasteiger charge is -2.31. The Morgan fingerprint density at radius 1 is 1.22 bits per heavy atom. The van der Waals surface area contributed by atoms with Crippen molar-refractivity contribution in [1.29, 1.82) is 0 Å². The van der Waals surface area contributed by atoms with E-state index in [4.69, 9.17) is 4.74 Å². The van der Waals surface area contributed by atoms with E-state index in [0.29, 0.717) is 23.9 Å². The van der Waals surface area contributed by atoms with Gasteiger partial charge in [0.1, 0.15) is 9.96 Å². The fourth-order valence-corrected chi connectivity index (χ4v) is 5.78. The molecule has 4 nitrogen and oxygen atoms in total. The van der Waals surface area contributed by atoms with Gasteiger partial charge in [-0.05, 0) is 44.0 Å². The van der Waals surface area contributed by atoms with Crippen molar-refractivity contribution < 1.29 is 13.2 Å². The van der Waals surface area contributed by atoms with E-state index in [1.807, 2.05) is 43.3 Å². The number of piperidine rings is 1. The van der Waals surface area contributed by atoms with E-state index in [9.17, 15) is 8.42 Å². The molecular formula is C17H21NO3S2. The molecule has 0 radical (unpaired) electrons. The van der Waals surface area contributed by atoms with Crippen LogP contribution in [0.4, 0.5) is 0 Å². The van der Waals surface area contributed by atoms with Crippen molar-refractivity contribution in [3.63, 3.8) is 0 Å². The zero-order chi connectivity index (χ0) is 16.3. The predicted molar refractivity (Wildman–Crippen MR) is 92.5 cm³/mol. The van der Waals surface area contributed by atoms with E-state index in [-0.39, 0.29) is 5.92 Å². The van der Waals surface area contributed by atoms with Gasteiger partial charge in [-0.25, -0.2) is 8.42 Å². The van der Waals surface area contributed by atoms with Crippen LogP contribution in [-0.4, -0.2) is 32.4 Å². The van der Waals surface area contributed by atoms with Crippen LogP contribution < -0.4 is 4.74 Å². The molecule has 3 rings (SSSR count). The maximum Gasteiger partial charge on any atom is 0.252 e. The number of sulfonamides is 1. The third kappa shape index (κ3) is 3.94. The highest BCUT2D eigenvalue weighted by molar-refractivity contribution is 7.91. The van der Waals surface area contributed by atoms with E-state index >= 15 is 0 Å². The Morgan fingerprint density at radius 2 is 2.00 bits per heavy atom. The normalized spacial score (nSPS) is 19.6. The molecule has 124 valence electrons. The van der Waals surface area contributed by atoms with Crippen molar-refractivity contribution in [2.45, 2.75) is 24.0 Å². The summed E-state index contributed by atoms with van der Waals surface area (Å²) < 4.78 is 33.3. The topological polar surface area (TPSA) is 46.6 Å². The lowest BCUT2D eigenvalue weighted by atomic mass is 10.0. The molecule has 23 heavy (non-hydrogen) atoms. The van der Waals surface area contributed by atoms with Crippen molar-refractivity contribution in [3.8, 4) is 5.75 Å². The molecule has 1 aromatic heterocycles. The summed E-state index contributed by atoms with van der Waals surface area (Å²) in [5.41, 5.74) is 0. The lowest BCUT2D eigenvalue weighted by molar-refractivity contribution is 0.180. The molecule has 1 aromatic carbocycles. The number of thiophene rings is 1. The molecule has 1 aliphatic rings. The molecule has 0 amide bonds. The van der Waals surface area contributed by atoms with E-state index in [1.165, 1.54) is 11.3 Å². The maximum atomic E-state index is 12.7. The first kappa shape index (κ1) is 16.5. The summed E-state index contributed by atoms with van der Waals surface area (Å²) in [6, 6.07) is 13.2. The Morgan fingerprint density at radius 3 is 2.70 bits per heavy atom. The highest BCUT2D eigenvalue weighted by Gasteiger charge is 2.31. The molecule has 2 heterocycles. The van der Waals surface area contributed by atoms with Gasteiger partial charge in [-0.3, -0.25) is 0 Å². The van der Waals surface area contributed by atoms with Crippen LogP contribution in [0.1, 0.15) is 17.7 Å². The number of para-hydroxylation sites is 1. The molecule has 0 bridgehead atoms. The number of benzene rings is 1. The summed E-state index contributed by atoms with van der Waals surface area (Å²) in [4.78, 5) is 1.02. The number of nitrogens with zero attached hydrogens (tertiary/aromatic N) is 1. The van der Waals surface area contributed by atoms with Gasteiger partial charge in [0, 0.05) is 23.9 Å². The zero-order valence-corrected chi connectivity index (χ0v) is 14.8. The Labute approximate surface area is 141 Å². The van der Waals surface area contributed by atoms with E-state index in [0.717, 1.165) is 23.5 Å². The van der Waals surface area contributed by atoms with Gasteiger partial charge in [0.2, 0.25) is 0 Å². The maximum absolute atomic E-state index is 12.7. The second kappa shape index (κ2) is 7.03. The fraction of sp³-hybridized carbons (Fsp3) is 0.412. The molecule has 1 aliphatic heterocycles. The summed E-state index contributed by atoms with van der Waals surface area (Å²) in [7, 11) is -3.36. The SMILES string of the molecule is Cc1ccc(S(=O)(=O)N2CCCC(COc3ccccc3)C2)s1. The Balaban J connectivity index is 1.64. The van der Waals surface area contributed by atoms with Crippen molar-refractivity contribution in [1.82, 2.24) is 4.31 Å². The first-order valence-electron chi connectivity index (χ1n) is 7.80. The standard InChI is InChI=1S/C17H21NO3S2/c1-14-9-10-17(22-14)23(19,20)18-11-5-6-15(12-18)13-21-16-7-3-2-4-8-16/h2-4,7-10,15H,5-6,11-13H2,1H3. The van der Waals surface area contributed by atoms with Gasteiger partial charge in [-0.15, -0.1) is 11.3 Å². The third-order valence-corrected chi connectivity index (χ3v) is 7.35. The van der Waals surface area contributed by atoms with Gasteiger partial charge in [0.05, 0.1) is 6.61 Å². The smallest absolute Gasteiger partial charge is 0.252 e. The van der Waals surface area contributed by atoms with Crippen LogP contribution in [0.25, 0.3) is 0 Å². The molecule has 1 atom stereocenters. The van der Waals surface area contributed by atoms with Gasteiger partial charge < -0.3 is 4.74 Å². The summed E-state index contributed by atoms with van der Waals surface area (Å²) in [5.74, 6) is 1.07. The van der Waals surface area contributed by atoms with Gasteiger partial charge in [-0.2, -0.15) is 4.31 Å². The Kier molecular flexibility index (Phi) is 5.04. The minimum absolute atomic E-state index is 0.236. The van der Waals surface area contributed by atoms with E-state index < -0.39 is 10.0 Å². The van der Waals surface area contributed by atoms with Crippen LogP contribution in [-0.2, 0) is 10.0 Å². The molecule has 0 N–H and O–H groups in total. The second-order valence-electron chi connectivity index (χ2n) is 5.86. The summed E-state index contributed by atoms with van der Waals surface area (Å²) in [6.07, 6.45) is 1.88. The Hall–Kier alpha value is -1.37. The van der Waals surface area contributed by atoms with Crippen molar-refractivity contribution >= 4 is 21.4 Å². The van der Waals surface area contributed by atoms with Gasteiger partial charge in [0.25, 0.3) is 10.0 Å². The molecule has 1 fully saturated rings. The largest absolute Gasteiger partial charge is 0.493 e. The summed E-state index contributed by atoms with van der Waals surface area (Å²) in [5, 5.41) is 0. The first-order valence-corrected chi connectivity index (χ1v) is 10.1. The van der Waals surface area contributed by atoms with Gasteiger partial charge in [0.15, 0.2) is 0 Å². The lowest BCUT2D eigenvalue weighted by Crippen LogP contribution is -2.41. The fourth-order valence-electron chi connectivity index (χ4n) is 2.79. The number of hydrogen-bond acceptors (Lipinski definition) is 4. The average Bonchev–Trinajstić information content (AvgIpc) is 3.01. The van der Waals surface area contributed by atoms with Crippen LogP contribution in [0.2, 0.25) is 0 Å². The van der Waals surface area contributed by atoms with Crippen LogP contribution in [0, 0.1) is 12.8 Å². The highest BCUT2D eigenvalue weighted by Crippen LogP contribution is 2.28. The highest BCUT2D eigenvalue weighted by atomic mass is 32.2. The Bertz CT molecular complexity index is 740. The molecule has 0 saturated carbocycles. The average molecular weight is 351 g/mol. The monoisotopic (exact) mass is 351 g/mol. The van der Waals surface area contributed by atoms with Crippen molar-refractivity contribution in [3.05, 3.63) is 47.3 Å². The van der Waals surface area contributed by atoms with Crippen molar-refractivity contribution in [2.24, 2.45) is 5.92 Å². The van der Waals surface area contributed by atoms with Crippen LogP contribution in [0.5, 0.6) is 5.75 Å². The first-order chi connectivity index (χ1) is 11.1. The summed E-state index contributed by atoms with van der Waals surface area (Å²) >= 11 is 1.34. The molecule has 1 saturated heterocycles. The van der Waals surface area contributed by atoms with Gasteiger partial charge >= 0.3 is 0 Å². The predicted octanol–water partition coefficient (Wildman–Crippen LogP) is 3.54. The molecule has 6 heteroatoms. The minimum atomic E-state index is -3.36. The third-order valence-electron chi connectivity index (χ3n) is 4.02. The van der Waals surface area contributed by atoms with E-state index in [1.54, 1.807) is 10.4 Å². The number of aryl methyl sites for hydroxylation is 1. The van der Waals surface area contributed by atoms with E-state index in [2.05, 4.69) is 0 Å². The molecule has 2 aromatic rings. The number of ether oxygens (including phenoxy) is 1. The molecule has 1 unspecified atom stereocenters. The summed E-state index contributed by atoms with van der Waals surface area (Å²) in [6.45, 7) is 3.61. The van der Waals surface area contributed by atoms with Crippen LogP contribution in [0.15, 0.2) is 46.7 Å². The quantitative estimate of drug-likeness (QED) is 0.828. The van der Waals surface area contributed by atoms with Gasteiger partial charge in [-0.1, -0.05) is 18.2 Å². The van der Waals surface area contributed by atoms with Crippen molar-refractivity contribution in [2.75, 3.05) is 19.7 Å². The molecular weight excluding hydrogens is 330 g/mol. The number of rotatable bonds is 5. The van der Waals surface area contributed by atoms with Crippen LogP contribution >= 0.6 is 11.3 Å². The molecule has 0 aliphatic carbocycles. The molecule has 0 spiro atoms.